The summed E-state index contributed by atoms with van der Waals surface area (Å²) < 4.78 is 0. The SMILES string of the molecule is C/C=C/CC1CC2C=CC1C2. The third-order valence-electron chi connectivity index (χ3n) is 3.09. The monoisotopic (exact) mass is 148 g/mol. The van der Waals surface area contributed by atoms with E-state index >= 15 is 0 Å². The molecule has 2 aliphatic carbocycles. The summed E-state index contributed by atoms with van der Waals surface area (Å²) in [4.78, 5) is 0. The Bertz CT molecular complexity index is 188. The summed E-state index contributed by atoms with van der Waals surface area (Å²) in [6.45, 7) is 2.11. The Balaban J connectivity index is 1.93. The molecule has 0 nitrogen and oxygen atoms in total. The molecule has 0 aromatic carbocycles. The van der Waals surface area contributed by atoms with E-state index < -0.39 is 0 Å². The Kier molecular flexibility index (Phi) is 1.85. The van der Waals surface area contributed by atoms with Gasteiger partial charge in [-0.25, -0.2) is 0 Å². The predicted octanol–water partition coefficient (Wildman–Crippen LogP) is 3.16. The van der Waals surface area contributed by atoms with Crippen molar-refractivity contribution in [3.8, 4) is 0 Å². The summed E-state index contributed by atoms with van der Waals surface area (Å²) >= 11 is 0. The van der Waals surface area contributed by atoms with Gasteiger partial charge in [0.1, 0.15) is 0 Å². The van der Waals surface area contributed by atoms with Crippen molar-refractivity contribution in [3.05, 3.63) is 24.3 Å². The van der Waals surface area contributed by atoms with Crippen molar-refractivity contribution in [1.82, 2.24) is 0 Å². The second kappa shape index (κ2) is 2.84. The molecular formula is C11H16. The van der Waals surface area contributed by atoms with Crippen LogP contribution in [0.2, 0.25) is 0 Å². The van der Waals surface area contributed by atoms with E-state index in [1.165, 1.54) is 19.3 Å². The maximum atomic E-state index is 2.43. The molecule has 0 N–H and O–H groups in total. The minimum atomic E-state index is 0.927. The average molecular weight is 148 g/mol. The Hall–Kier alpha value is -0.520. The Morgan fingerprint density at radius 1 is 1.36 bits per heavy atom. The molecule has 0 aromatic rings. The first-order valence-corrected chi connectivity index (χ1v) is 4.69. The molecule has 2 rings (SSSR count). The van der Waals surface area contributed by atoms with Crippen molar-refractivity contribution in [2.45, 2.75) is 26.2 Å². The summed E-state index contributed by atoms with van der Waals surface area (Å²) in [7, 11) is 0. The maximum Gasteiger partial charge on any atom is -0.0196 e. The van der Waals surface area contributed by atoms with Crippen LogP contribution >= 0.6 is 0 Å². The van der Waals surface area contributed by atoms with Gasteiger partial charge in [-0.2, -0.15) is 0 Å². The number of fused-ring (bicyclic) bond motifs is 2. The summed E-state index contributed by atoms with van der Waals surface area (Å²) in [5.74, 6) is 2.84. The van der Waals surface area contributed by atoms with E-state index in [0.717, 1.165) is 17.8 Å². The van der Waals surface area contributed by atoms with Gasteiger partial charge in [-0.05, 0) is 43.9 Å². The van der Waals surface area contributed by atoms with Crippen molar-refractivity contribution < 1.29 is 0 Å². The molecule has 0 saturated heterocycles. The normalized spacial score (nSPS) is 41.0. The number of hydrogen-bond donors (Lipinski definition) is 0. The molecule has 0 aliphatic heterocycles. The van der Waals surface area contributed by atoms with Crippen LogP contribution in [-0.2, 0) is 0 Å². The molecule has 0 amide bonds. The van der Waals surface area contributed by atoms with Crippen molar-refractivity contribution >= 4 is 0 Å². The summed E-state index contributed by atoms with van der Waals surface area (Å²) in [6.07, 6.45) is 13.5. The largest absolute Gasteiger partial charge is 0.0917 e. The topological polar surface area (TPSA) is 0 Å². The third-order valence-corrected chi connectivity index (χ3v) is 3.09. The fourth-order valence-corrected chi connectivity index (χ4v) is 2.48. The van der Waals surface area contributed by atoms with Crippen molar-refractivity contribution in [2.75, 3.05) is 0 Å². The lowest BCUT2D eigenvalue weighted by Gasteiger charge is -2.15. The van der Waals surface area contributed by atoms with Crippen LogP contribution in [0.5, 0.6) is 0 Å². The first-order valence-electron chi connectivity index (χ1n) is 4.69. The van der Waals surface area contributed by atoms with E-state index in [-0.39, 0.29) is 0 Å². The fraction of sp³-hybridized carbons (Fsp3) is 0.636. The first-order chi connectivity index (χ1) is 5.40. The van der Waals surface area contributed by atoms with Gasteiger partial charge < -0.3 is 0 Å². The highest BCUT2D eigenvalue weighted by Gasteiger charge is 2.34. The van der Waals surface area contributed by atoms with Gasteiger partial charge in [-0.1, -0.05) is 24.3 Å². The third kappa shape index (κ3) is 1.26. The Labute approximate surface area is 69.0 Å². The molecule has 11 heavy (non-hydrogen) atoms. The van der Waals surface area contributed by atoms with E-state index in [2.05, 4.69) is 31.2 Å². The second-order valence-corrected chi connectivity index (χ2v) is 3.85. The van der Waals surface area contributed by atoms with E-state index in [9.17, 15) is 0 Å². The van der Waals surface area contributed by atoms with Crippen LogP contribution in [0, 0.1) is 17.8 Å². The molecule has 2 bridgehead atoms. The van der Waals surface area contributed by atoms with Gasteiger partial charge in [0.15, 0.2) is 0 Å². The molecule has 1 fully saturated rings. The maximum absolute atomic E-state index is 2.43. The van der Waals surface area contributed by atoms with E-state index in [4.69, 9.17) is 0 Å². The van der Waals surface area contributed by atoms with Gasteiger partial charge in [0.25, 0.3) is 0 Å². The van der Waals surface area contributed by atoms with Crippen LogP contribution < -0.4 is 0 Å². The van der Waals surface area contributed by atoms with E-state index in [0.29, 0.717) is 0 Å². The predicted molar refractivity (Wildman–Crippen MR) is 48.3 cm³/mol. The van der Waals surface area contributed by atoms with Gasteiger partial charge in [-0.3, -0.25) is 0 Å². The zero-order chi connectivity index (χ0) is 7.68. The van der Waals surface area contributed by atoms with Crippen LogP contribution in [0.15, 0.2) is 24.3 Å². The molecule has 0 spiro atoms. The second-order valence-electron chi connectivity index (χ2n) is 3.85. The lowest BCUT2D eigenvalue weighted by molar-refractivity contribution is 0.454. The molecule has 3 atom stereocenters. The molecule has 0 heterocycles. The van der Waals surface area contributed by atoms with Gasteiger partial charge in [0.2, 0.25) is 0 Å². The van der Waals surface area contributed by atoms with Crippen molar-refractivity contribution in [2.24, 2.45) is 17.8 Å². The van der Waals surface area contributed by atoms with Crippen molar-refractivity contribution in [1.29, 1.82) is 0 Å². The minimum absolute atomic E-state index is 0.927. The molecule has 0 radical (unpaired) electrons. The van der Waals surface area contributed by atoms with Crippen LogP contribution in [0.3, 0.4) is 0 Å². The quantitative estimate of drug-likeness (QED) is 0.528. The average Bonchev–Trinajstić information content (AvgIpc) is 2.60. The highest BCUT2D eigenvalue weighted by atomic mass is 14.4. The Morgan fingerprint density at radius 2 is 2.27 bits per heavy atom. The highest BCUT2D eigenvalue weighted by molar-refractivity contribution is 5.10. The zero-order valence-electron chi connectivity index (χ0n) is 7.16. The standard InChI is InChI=1S/C11H16/c1-2-3-4-10-7-9-5-6-11(10)8-9/h2-3,5-6,9-11H,4,7-8H2,1H3/b3-2+. The molecule has 0 heteroatoms. The summed E-state index contributed by atoms with van der Waals surface area (Å²) in [5, 5.41) is 0. The molecule has 3 unspecified atom stereocenters. The van der Waals surface area contributed by atoms with Crippen LogP contribution in [0.25, 0.3) is 0 Å². The molecule has 0 aromatic heterocycles. The number of hydrogen-bond acceptors (Lipinski definition) is 0. The summed E-state index contributed by atoms with van der Waals surface area (Å²) in [6, 6.07) is 0. The van der Waals surface area contributed by atoms with Crippen LogP contribution in [-0.4, -0.2) is 0 Å². The lowest BCUT2D eigenvalue weighted by Crippen LogP contribution is -2.04. The van der Waals surface area contributed by atoms with Gasteiger partial charge in [0, 0.05) is 0 Å². The van der Waals surface area contributed by atoms with E-state index in [1.807, 2.05) is 0 Å². The number of allylic oxidation sites excluding steroid dienone is 4. The van der Waals surface area contributed by atoms with Crippen molar-refractivity contribution in [3.63, 3.8) is 0 Å². The van der Waals surface area contributed by atoms with Gasteiger partial charge in [-0.15, -0.1) is 0 Å². The first kappa shape index (κ1) is 7.15. The van der Waals surface area contributed by atoms with Crippen LogP contribution in [0.1, 0.15) is 26.2 Å². The minimum Gasteiger partial charge on any atom is -0.0917 e. The molecule has 60 valence electrons. The number of rotatable bonds is 2. The van der Waals surface area contributed by atoms with Gasteiger partial charge in [0.05, 0.1) is 0 Å². The zero-order valence-corrected chi connectivity index (χ0v) is 7.16. The molecule has 1 saturated carbocycles. The van der Waals surface area contributed by atoms with Crippen LogP contribution in [0.4, 0.5) is 0 Å². The molecular weight excluding hydrogens is 132 g/mol. The van der Waals surface area contributed by atoms with E-state index in [1.54, 1.807) is 0 Å². The van der Waals surface area contributed by atoms with Gasteiger partial charge >= 0.3 is 0 Å². The Morgan fingerprint density at radius 3 is 2.82 bits per heavy atom. The smallest absolute Gasteiger partial charge is 0.0196 e. The molecule has 2 aliphatic rings. The lowest BCUT2D eigenvalue weighted by atomic mass is 9.90. The summed E-state index contributed by atoms with van der Waals surface area (Å²) in [5.41, 5.74) is 0. The fourth-order valence-electron chi connectivity index (χ4n) is 2.48. The highest BCUT2D eigenvalue weighted by Crippen LogP contribution is 2.44.